The number of nitrogens with zero attached hydrogens (tertiary/aromatic N) is 2. The van der Waals surface area contributed by atoms with E-state index < -0.39 is 0 Å². The molecule has 2 aromatic rings. The monoisotopic (exact) mass is 394 g/mol. The lowest BCUT2D eigenvalue weighted by molar-refractivity contribution is -0.122. The van der Waals surface area contributed by atoms with E-state index in [2.05, 4.69) is 13.8 Å². The molecule has 0 atom stereocenters. The summed E-state index contributed by atoms with van der Waals surface area (Å²) in [6.07, 6.45) is 3.94. The van der Waals surface area contributed by atoms with Crippen molar-refractivity contribution in [2.45, 2.75) is 33.6 Å². The molecule has 2 aromatic carbocycles. The average molecular weight is 395 g/mol. The van der Waals surface area contributed by atoms with Crippen LogP contribution >= 0.6 is 11.8 Å². The van der Waals surface area contributed by atoms with Crippen LogP contribution in [0.25, 0.3) is 6.08 Å². The first kappa shape index (κ1) is 20.2. The molecule has 0 N–H and O–H groups in total. The predicted molar refractivity (Wildman–Crippen MR) is 118 cm³/mol. The molecule has 0 spiro atoms. The third-order valence-electron chi connectivity index (χ3n) is 4.65. The van der Waals surface area contributed by atoms with Gasteiger partial charge in [-0.25, -0.2) is 4.99 Å². The Morgan fingerprint density at radius 2 is 1.89 bits per heavy atom. The molecule has 5 heteroatoms. The van der Waals surface area contributed by atoms with Gasteiger partial charge in [-0.05, 0) is 73.5 Å². The minimum absolute atomic E-state index is 0.0273. The Kier molecular flexibility index (Phi) is 6.57. The standard InChI is InChI=1S/C23H26N2O2S/c1-5-6-13-25-22(26)21(15-18-9-12-20(27-4)14-17(18)3)28-23(25)24-19-10-7-16(2)8-11-19/h7-12,14-15H,5-6,13H2,1-4H3/b21-15+,24-23?. The number of hydrogen-bond acceptors (Lipinski definition) is 4. The number of amidine groups is 1. The van der Waals surface area contributed by atoms with Crippen molar-refractivity contribution in [3.8, 4) is 5.75 Å². The van der Waals surface area contributed by atoms with Gasteiger partial charge in [-0.1, -0.05) is 37.1 Å². The van der Waals surface area contributed by atoms with Crippen LogP contribution in [-0.4, -0.2) is 29.6 Å². The van der Waals surface area contributed by atoms with E-state index in [4.69, 9.17) is 9.73 Å². The number of unbranched alkanes of at least 4 members (excludes halogenated alkanes) is 1. The van der Waals surface area contributed by atoms with Gasteiger partial charge in [-0.3, -0.25) is 9.69 Å². The molecule has 3 rings (SSSR count). The number of hydrogen-bond donors (Lipinski definition) is 0. The third kappa shape index (κ3) is 4.65. The molecule has 0 bridgehead atoms. The molecule has 28 heavy (non-hydrogen) atoms. The van der Waals surface area contributed by atoms with Crippen LogP contribution in [0.2, 0.25) is 0 Å². The zero-order valence-corrected chi connectivity index (χ0v) is 17.7. The van der Waals surface area contributed by atoms with Crippen LogP contribution in [0.4, 0.5) is 5.69 Å². The number of carbonyl (C=O) groups is 1. The lowest BCUT2D eigenvalue weighted by Gasteiger charge is -2.14. The van der Waals surface area contributed by atoms with Crippen molar-refractivity contribution in [1.82, 2.24) is 4.90 Å². The fourth-order valence-corrected chi connectivity index (χ4v) is 3.93. The van der Waals surface area contributed by atoms with Crippen molar-refractivity contribution in [1.29, 1.82) is 0 Å². The maximum atomic E-state index is 13.0. The second-order valence-corrected chi connectivity index (χ2v) is 7.88. The van der Waals surface area contributed by atoms with Crippen LogP contribution in [0.5, 0.6) is 5.75 Å². The summed E-state index contributed by atoms with van der Waals surface area (Å²) in [7, 11) is 1.66. The Morgan fingerprint density at radius 1 is 1.14 bits per heavy atom. The number of carbonyl (C=O) groups excluding carboxylic acids is 1. The van der Waals surface area contributed by atoms with Crippen molar-refractivity contribution in [2.24, 2.45) is 4.99 Å². The van der Waals surface area contributed by atoms with Gasteiger partial charge in [0, 0.05) is 6.54 Å². The second kappa shape index (κ2) is 9.11. The summed E-state index contributed by atoms with van der Waals surface area (Å²) in [5.41, 5.74) is 4.15. The molecular formula is C23H26N2O2S. The molecule has 1 saturated heterocycles. The lowest BCUT2D eigenvalue weighted by Crippen LogP contribution is -2.30. The van der Waals surface area contributed by atoms with Gasteiger partial charge in [0.25, 0.3) is 5.91 Å². The Bertz CT molecular complexity index is 917. The number of rotatable bonds is 6. The molecule has 1 aliphatic heterocycles. The normalized spacial score (nSPS) is 17.0. The van der Waals surface area contributed by atoms with Crippen molar-refractivity contribution in [3.05, 3.63) is 64.1 Å². The molecule has 0 aromatic heterocycles. The van der Waals surface area contributed by atoms with E-state index in [-0.39, 0.29) is 5.91 Å². The van der Waals surface area contributed by atoms with E-state index in [1.807, 2.05) is 55.5 Å². The summed E-state index contributed by atoms with van der Waals surface area (Å²) in [5.74, 6) is 0.843. The van der Waals surface area contributed by atoms with Crippen LogP contribution in [0.3, 0.4) is 0 Å². The van der Waals surface area contributed by atoms with Gasteiger partial charge in [0.05, 0.1) is 17.7 Å². The van der Waals surface area contributed by atoms with Gasteiger partial charge in [0.1, 0.15) is 5.75 Å². The van der Waals surface area contributed by atoms with E-state index in [0.717, 1.165) is 40.6 Å². The number of benzene rings is 2. The fourth-order valence-electron chi connectivity index (χ4n) is 2.91. The van der Waals surface area contributed by atoms with Crippen molar-refractivity contribution >= 4 is 34.6 Å². The van der Waals surface area contributed by atoms with Crippen molar-refractivity contribution in [3.63, 3.8) is 0 Å². The summed E-state index contributed by atoms with van der Waals surface area (Å²) < 4.78 is 5.27. The van der Waals surface area contributed by atoms with Gasteiger partial charge in [-0.15, -0.1) is 0 Å². The zero-order valence-electron chi connectivity index (χ0n) is 16.9. The number of thioether (sulfide) groups is 1. The minimum Gasteiger partial charge on any atom is -0.497 e. The second-order valence-electron chi connectivity index (χ2n) is 6.87. The highest BCUT2D eigenvalue weighted by atomic mass is 32.2. The molecule has 1 fully saturated rings. The zero-order chi connectivity index (χ0) is 20.1. The third-order valence-corrected chi connectivity index (χ3v) is 5.65. The van der Waals surface area contributed by atoms with Gasteiger partial charge >= 0.3 is 0 Å². The molecule has 0 saturated carbocycles. The van der Waals surface area contributed by atoms with Gasteiger partial charge in [0.15, 0.2) is 5.17 Å². The van der Waals surface area contributed by atoms with Gasteiger partial charge < -0.3 is 4.74 Å². The Hall–Kier alpha value is -2.53. The summed E-state index contributed by atoms with van der Waals surface area (Å²) >= 11 is 1.45. The van der Waals surface area contributed by atoms with Crippen LogP contribution in [0.15, 0.2) is 52.4 Å². The van der Waals surface area contributed by atoms with Crippen molar-refractivity contribution in [2.75, 3.05) is 13.7 Å². The first-order valence-electron chi connectivity index (χ1n) is 9.53. The molecule has 0 aliphatic carbocycles. The van der Waals surface area contributed by atoms with E-state index in [0.29, 0.717) is 11.4 Å². The smallest absolute Gasteiger partial charge is 0.266 e. The highest BCUT2D eigenvalue weighted by Gasteiger charge is 2.33. The number of ether oxygens (including phenoxy) is 1. The van der Waals surface area contributed by atoms with E-state index in [9.17, 15) is 4.79 Å². The topological polar surface area (TPSA) is 41.9 Å². The van der Waals surface area contributed by atoms with Crippen LogP contribution in [0, 0.1) is 13.8 Å². The Morgan fingerprint density at radius 3 is 2.54 bits per heavy atom. The molecule has 1 aliphatic rings. The summed E-state index contributed by atoms with van der Waals surface area (Å²) in [6, 6.07) is 13.9. The number of aryl methyl sites for hydroxylation is 2. The average Bonchev–Trinajstić information content (AvgIpc) is 2.98. The molecule has 146 valence electrons. The molecular weight excluding hydrogens is 368 g/mol. The highest BCUT2D eigenvalue weighted by molar-refractivity contribution is 8.18. The van der Waals surface area contributed by atoms with E-state index in [1.165, 1.54) is 17.3 Å². The molecule has 0 unspecified atom stereocenters. The van der Waals surface area contributed by atoms with E-state index >= 15 is 0 Å². The minimum atomic E-state index is 0.0273. The maximum Gasteiger partial charge on any atom is 0.266 e. The van der Waals surface area contributed by atoms with Crippen LogP contribution < -0.4 is 4.74 Å². The summed E-state index contributed by atoms with van der Waals surface area (Å²) in [5, 5.41) is 0.750. The lowest BCUT2D eigenvalue weighted by atomic mass is 10.1. The molecule has 4 nitrogen and oxygen atoms in total. The quantitative estimate of drug-likeness (QED) is 0.589. The van der Waals surface area contributed by atoms with Gasteiger partial charge in [-0.2, -0.15) is 0 Å². The van der Waals surface area contributed by atoms with E-state index in [1.54, 1.807) is 12.0 Å². The molecule has 1 amide bonds. The summed E-state index contributed by atoms with van der Waals surface area (Å²) in [4.78, 5) is 20.3. The van der Waals surface area contributed by atoms with Crippen LogP contribution in [-0.2, 0) is 4.79 Å². The maximum absolute atomic E-state index is 13.0. The predicted octanol–water partition coefficient (Wildman–Crippen LogP) is 5.72. The van der Waals surface area contributed by atoms with Crippen molar-refractivity contribution < 1.29 is 9.53 Å². The fraction of sp³-hybridized carbons (Fsp3) is 0.304. The Labute approximate surface area is 171 Å². The highest BCUT2D eigenvalue weighted by Crippen LogP contribution is 2.35. The SMILES string of the molecule is CCCCN1C(=O)/C(=C\c2ccc(OC)cc2C)SC1=Nc1ccc(C)cc1. The van der Waals surface area contributed by atoms with Crippen LogP contribution in [0.1, 0.15) is 36.5 Å². The Balaban J connectivity index is 1.93. The number of amides is 1. The first-order chi connectivity index (χ1) is 13.5. The van der Waals surface area contributed by atoms with Gasteiger partial charge in [0.2, 0.25) is 0 Å². The number of aliphatic imine (C=N–C) groups is 1. The first-order valence-corrected chi connectivity index (χ1v) is 10.3. The molecule has 1 heterocycles. The molecule has 0 radical (unpaired) electrons. The summed E-state index contributed by atoms with van der Waals surface area (Å²) in [6.45, 7) is 6.89. The number of methoxy groups -OCH3 is 1. The largest absolute Gasteiger partial charge is 0.497 e.